The molecule has 0 atom stereocenters. The fourth-order valence-corrected chi connectivity index (χ4v) is 2.41. The van der Waals surface area contributed by atoms with Gasteiger partial charge in [0.1, 0.15) is 19.0 Å². The van der Waals surface area contributed by atoms with E-state index >= 15 is 0 Å². The van der Waals surface area contributed by atoms with E-state index in [2.05, 4.69) is 6.92 Å². The zero-order chi connectivity index (χ0) is 21.9. The summed E-state index contributed by atoms with van der Waals surface area (Å²) in [6.07, 6.45) is 4.72. The normalized spacial score (nSPS) is 10.7. The monoisotopic (exact) mass is 427 g/mol. The summed E-state index contributed by atoms with van der Waals surface area (Å²) in [5.74, 6) is 0.389. The molecule has 0 radical (unpaired) electrons. The highest BCUT2D eigenvalue weighted by Crippen LogP contribution is 2.17. The van der Waals surface area contributed by atoms with Crippen molar-refractivity contribution in [1.82, 2.24) is 0 Å². The van der Waals surface area contributed by atoms with Crippen molar-refractivity contribution in [3.05, 3.63) is 34.4 Å². The molecule has 1 aromatic rings. The third-order valence-corrected chi connectivity index (χ3v) is 4.01. The van der Waals surface area contributed by atoms with Crippen molar-refractivity contribution in [3.8, 4) is 5.75 Å². The van der Waals surface area contributed by atoms with Crippen molar-refractivity contribution in [3.63, 3.8) is 0 Å². The van der Waals surface area contributed by atoms with Crippen molar-refractivity contribution in [2.24, 2.45) is 0 Å². The van der Waals surface area contributed by atoms with Gasteiger partial charge in [-0.05, 0) is 18.6 Å². The average Bonchev–Trinajstić information content (AvgIpc) is 2.75. The van der Waals surface area contributed by atoms with Crippen molar-refractivity contribution in [2.75, 3.05) is 52.9 Å². The predicted molar refractivity (Wildman–Crippen MR) is 111 cm³/mol. The van der Waals surface area contributed by atoms with E-state index in [9.17, 15) is 14.9 Å². The number of nitro groups is 1. The molecule has 0 spiro atoms. The van der Waals surface area contributed by atoms with Crippen LogP contribution in [0.15, 0.2) is 24.3 Å². The van der Waals surface area contributed by atoms with E-state index in [4.69, 9.17) is 23.7 Å². The first-order chi connectivity index (χ1) is 14.6. The van der Waals surface area contributed by atoms with Crippen LogP contribution in [0.5, 0.6) is 5.75 Å². The Morgan fingerprint density at radius 1 is 0.833 bits per heavy atom. The summed E-state index contributed by atoms with van der Waals surface area (Å²) in [5.41, 5.74) is 0.0264. The minimum Gasteiger partial charge on any atom is -0.491 e. The topological polar surface area (TPSA) is 106 Å². The first-order valence-electron chi connectivity index (χ1n) is 10.4. The van der Waals surface area contributed by atoms with Gasteiger partial charge in [-0.1, -0.05) is 26.2 Å². The number of benzene rings is 1. The molecule has 170 valence electrons. The second-order valence-corrected chi connectivity index (χ2v) is 6.47. The summed E-state index contributed by atoms with van der Waals surface area (Å²) in [6, 6.07) is 5.89. The van der Waals surface area contributed by atoms with E-state index in [1.807, 2.05) is 0 Å². The van der Waals surface area contributed by atoms with Crippen LogP contribution in [0.2, 0.25) is 0 Å². The molecule has 9 heteroatoms. The molecule has 0 N–H and O–H groups in total. The largest absolute Gasteiger partial charge is 0.491 e. The third kappa shape index (κ3) is 13.9. The first kappa shape index (κ1) is 25.8. The van der Waals surface area contributed by atoms with Crippen LogP contribution in [0, 0.1) is 10.1 Å². The van der Waals surface area contributed by atoms with Gasteiger partial charge in [0.15, 0.2) is 0 Å². The standard InChI is InChI=1S/C21H33NO8/c1-2-3-4-5-6-21(23)30-18-16-28-14-12-26-11-13-27-15-17-29-20-9-7-19(8-10-20)22(24)25/h7-10H,2-6,11-18H2,1H3. The molecule has 0 fully saturated rings. The molecule has 0 bridgehead atoms. The molecule has 0 saturated carbocycles. The highest BCUT2D eigenvalue weighted by atomic mass is 16.6. The Morgan fingerprint density at radius 2 is 1.40 bits per heavy atom. The number of carbonyl (C=O) groups excluding carboxylic acids is 1. The molecule has 9 nitrogen and oxygen atoms in total. The smallest absolute Gasteiger partial charge is 0.305 e. The quantitative estimate of drug-likeness (QED) is 0.143. The Kier molecular flexibility index (Phi) is 15.2. The molecule has 0 saturated heterocycles. The van der Waals surface area contributed by atoms with E-state index in [0.717, 1.165) is 25.7 Å². The van der Waals surface area contributed by atoms with Crippen molar-refractivity contribution >= 4 is 11.7 Å². The Morgan fingerprint density at radius 3 is 1.97 bits per heavy atom. The number of rotatable bonds is 19. The summed E-state index contributed by atoms with van der Waals surface area (Å²) in [4.78, 5) is 21.6. The van der Waals surface area contributed by atoms with Crippen LogP contribution in [-0.4, -0.2) is 63.7 Å². The van der Waals surface area contributed by atoms with E-state index in [1.165, 1.54) is 12.1 Å². The molecule has 0 amide bonds. The molecule has 0 aliphatic rings. The van der Waals surface area contributed by atoms with E-state index in [-0.39, 0.29) is 18.3 Å². The second kappa shape index (κ2) is 17.6. The fraction of sp³-hybridized carbons (Fsp3) is 0.667. The van der Waals surface area contributed by atoms with Crippen molar-refractivity contribution in [1.29, 1.82) is 0 Å². The van der Waals surface area contributed by atoms with Gasteiger partial charge in [-0.25, -0.2) is 0 Å². The van der Waals surface area contributed by atoms with Gasteiger partial charge < -0.3 is 23.7 Å². The summed E-state index contributed by atoms with van der Waals surface area (Å²) in [7, 11) is 0. The molecular weight excluding hydrogens is 394 g/mol. The van der Waals surface area contributed by atoms with Crippen LogP contribution in [0.1, 0.15) is 39.0 Å². The average molecular weight is 427 g/mol. The minimum absolute atomic E-state index is 0.0264. The zero-order valence-corrected chi connectivity index (χ0v) is 17.7. The minimum atomic E-state index is -0.455. The van der Waals surface area contributed by atoms with Crippen molar-refractivity contribution < 1.29 is 33.4 Å². The molecule has 0 aliphatic carbocycles. The molecule has 1 rings (SSSR count). The summed E-state index contributed by atoms with van der Waals surface area (Å²) >= 11 is 0. The summed E-state index contributed by atoms with van der Waals surface area (Å²) < 4.78 is 26.6. The van der Waals surface area contributed by atoms with E-state index in [0.29, 0.717) is 58.4 Å². The molecule has 0 heterocycles. The maximum atomic E-state index is 11.5. The highest BCUT2D eigenvalue weighted by Gasteiger charge is 2.04. The van der Waals surface area contributed by atoms with Crippen LogP contribution < -0.4 is 4.74 Å². The second-order valence-electron chi connectivity index (χ2n) is 6.47. The number of ether oxygens (including phenoxy) is 5. The number of non-ortho nitro benzene ring substituents is 1. The van der Waals surface area contributed by atoms with Gasteiger partial charge in [-0.3, -0.25) is 14.9 Å². The van der Waals surface area contributed by atoms with Crippen LogP contribution in [0.4, 0.5) is 5.69 Å². The number of esters is 1. The lowest BCUT2D eigenvalue weighted by atomic mass is 10.2. The van der Waals surface area contributed by atoms with Crippen LogP contribution in [0.3, 0.4) is 0 Å². The molecule has 0 aromatic heterocycles. The Bertz CT molecular complexity index is 579. The zero-order valence-electron chi connectivity index (χ0n) is 17.7. The lowest BCUT2D eigenvalue weighted by Gasteiger charge is -2.08. The maximum Gasteiger partial charge on any atom is 0.305 e. The number of nitro benzene ring substituents is 1. The fourth-order valence-electron chi connectivity index (χ4n) is 2.41. The SMILES string of the molecule is CCCCCCC(=O)OCCOCCOCCOCCOc1ccc([N+](=O)[O-])cc1. The van der Waals surface area contributed by atoms with Gasteiger partial charge in [0.25, 0.3) is 5.69 Å². The Balaban J connectivity index is 1.82. The summed E-state index contributed by atoms with van der Waals surface area (Å²) in [5, 5.41) is 10.6. The molecule has 0 unspecified atom stereocenters. The first-order valence-corrected chi connectivity index (χ1v) is 10.4. The van der Waals surface area contributed by atoms with Crippen LogP contribution >= 0.6 is 0 Å². The predicted octanol–water partition coefficient (Wildman–Crippen LogP) is 3.54. The lowest BCUT2D eigenvalue weighted by molar-refractivity contribution is -0.384. The van der Waals surface area contributed by atoms with Gasteiger partial charge in [0.05, 0.1) is 44.6 Å². The molecule has 1 aromatic carbocycles. The third-order valence-electron chi connectivity index (χ3n) is 4.01. The van der Waals surface area contributed by atoms with Gasteiger partial charge in [-0.2, -0.15) is 0 Å². The Hall–Kier alpha value is -2.23. The number of carbonyl (C=O) groups is 1. The maximum absolute atomic E-state index is 11.5. The molecular formula is C21H33NO8. The van der Waals surface area contributed by atoms with Crippen LogP contribution in [0.25, 0.3) is 0 Å². The van der Waals surface area contributed by atoms with Gasteiger partial charge in [0.2, 0.25) is 0 Å². The number of hydrogen-bond donors (Lipinski definition) is 0. The van der Waals surface area contributed by atoms with Crippen LogP contribution in [-0.2, 0) is 23.7 Å². The molecule has 0 aliphatic heterocycles. The number of hydrogen-bond acceptors (Lipinski definition) is 8. The van der Waals surface area contributed by atoms with Crippen molar-refractivity contribution in [2.45, 2.75) is 39.0 Å². The van der Waals surface area contributed by atoms with Gasteiger partial charge in [-0.15, -0.1) is 0 Å². The summed E-state index contributed by atoms with van der Waals surface area (Å²) in [6.45, 7) is 5.23. The highest BCUT2D eigenvalue weighted by molar-refractivity contribution is 5.69. The number of unbranched alkanes of at least 4 members (excludes halogenated alkanes) is 3. The Labute approximate surface area is 177 Å². The van der Waals surface area contributed by atoms with Gasteiger partial charge in [0, 0.05) is 18.6 Å². The van der Waals surface area contributed by atoms with E-state index in [1.54, 1.807) is 12.1 Å². The molecule has 30 heavy (non-hydrogen) atoms. The lowest BCUT2D eigenvalue weighted by Crippen LogP contribution is -2.14. The van der Waals surface area contributed by atoms with Gasteiger partial charge >= 0.3 is 5.97 Å². The number of nitrogens with zero attached hydrogens (tertiary/aromatic N) is 1. The van der Waals surface area contributed by atoms with E-state index < -0.39 is 4.92 Å².